The van der Waals surface area contributed by atoms with Gasteiger partial charge in [0, 0.05) is 6.07 Å². The third-order valence-electron chi connectivity index (χ3n) is 6.76. The Labute approximate surface area is 274 Å². The van der Waals surface area contributed by atoms with Crippen molar-refractivity contribution in [3.8, 4) is 23.0 Å². The number of rotatable bonds is 14. The van der Waals surface area contributed by atoms with Gasteiger partial charge in [0.05, 0.1) is 43.8 Å². The predicted octanol–water partition coefficient (Wildman–Crippen LogP) is 4.69. The summed E-state index contributed by atoms with van der Waals surface area (Å²) in [4.78, 5) is 25.3. The molecule has 4 rings (SSSR count). The molecule has 0 spiro atoms. The highest BCUT2D eigenvalue weighted by Gasteiger charge is 2.28. The van der Waals surface area contributed by atoms with Gasteiger partial charge in [-0.3, -0.25) is 13.9 Å². The Morgan fingerprint density at radius 1 is 0.787 bits per heavy atom. The largest absolute Gasteiger partial charge is 0.495 e. The Balaban J connectivity index is 1.41. The zero-order valence-electron chi connectivity index (χ0n) is 26.6. The number of sulfonamides is 1. The summed E-state index contributed by atoms with van der Waals surface area (Å²) in [7, 11) is 0.160. The molecule has 13 heteroatoms. The number of anilines is 2. The molecule has 0 aliphatic rings. The Morgan fingerprint density at radius 2 is 1.45 bits per heavy atom. The minimum atomic E-state index is -4.22. The van der Waals surface area contributed by atoms with Crippen molar-refractivity contribution >= 4 is 39.4 Å². The molecule has 4 aromatic rings. The number of carbonyl (C=O) groups excluding carboxylic acids is 2. The van der Waals surface area contributed by atoms with Gasteiger partial charge in [-0.05, 0) is 91.2 Å². The highest BCUT2D eigenvalue weighted by Crippen LogP contribution is 2.32. The number of hydrogen-bond donors (Lipinski definition) is 2. The van der Waals surface area contributed by atoms with Crippen LogP contribution >= 0.6 is 0 Å². The first kappa shape index (κ1) is 34.3. The van der Waals surface area contributed by atoms with Gasteiger partial charge >= 0.3 is 0 Å². The van der Waals surface area contributed by atoms with E-state index in [-0.39, 0.29) is 23.2 Å². The maximum absolute atomic E-state index is 13.9. The first-order chi connectivity index (χ1) is 22.5. The topological polar surface area (TPSA) is 145 Å². The number of para-hydroxylation sites is 2. The molecule has 12 nitrogen and oxygen atoms in total. The lowest BCUT2D eigenvalue weighted by atomic mass is 10.1. The number of ether oxygens (including phenoxy) is 4. The van der Waals surface area contributed by atoms with Gasteiger partial charge in [-0.25, -0.2) is 13.8 Å². The summed E-state index contributed by atoms with van der Waals surface area (Å²) in [5, 5.41) is 6.73. The van der Waals surface area contributed by atoms with Gasteiger partial charge in [0.15, 0.2) is 18.1 Å². The highest BCUT2D eigenvalue weighted by atomic mass is 32.2. The van der Waals surface area contributed by atoms with Crippen molar-refractivity contribution in [3.05, 3.63) is 102 Å². The van der Waals surface area contributed by atoms with E-state index in [0.29, 0.717) is 34.2 Å². The lowest BCUT2D eigenvalue weighted by molar-refractivity contribution is -0.119. The van der Waals surface area contributed by atoms with E-state index in [1.807, 2.05) is 19.9 Å². The van der Waals surface area contributed by atoms with Crippen LogP contribution in [0.2, 0.25) is 0 Å². The van der Waals surface area contributed by atoms with Crippen LogP contribution in [0.3, 0.4) is 0 Å². The number of aryl methyl sites for hydroxylation is 2. The zero-order valence-corrected chi connectivity index (χ0v) is 27.5. The minimum Gasteiger partial charge on any atom is -0.495 e. The normalized spacial score (nSPS) is 11.1. The van der Waals surface area contributed by atoms with Crippen molar-refractivity contribution in [1.82, 2.24) is 5.43 Å². The van der Waals surface area contributed by atoms with E-state index in [1.165, 1.54) is 45.7 Å². The number of nitrogens with zero attached hydrogens (tertiary/aromatic N) is 2. The quantitative estimate of drug-likeness (QED) is 0.146. The molecule has 0 saturated heterocycles. The Hall–Kier alpha value is -5.56. The van der Waals surface area contributed by atoms with Gasteiger partial charge in [-0.1, -0.05) is 18.2 Å². The zero-order chi connectivity index (χ0) is 34.0. The monoisotopic (exact) mass is 660 g/mol. The van der Waals surface area contributed by atoms with Crippen LogP contribution in [0.5, 0.6) is 23.0 Å². The lowest BCUT2D eigenvalue weighted by Crippen LogP contribution is -2.39. The molecule has 0 bridgehead atoms. The van der Waals surface area contributed by atoms with Crippen molar-refractivity contribution in [2.24, 2.45) is 5.10 Å². The molecule has 0 atom stereocenters. The summed E-state index contributed by atoms with van der Waals surface area (Å²) in [5.74, 6) is 0.567. The molecule has 0 aromatic heterocycles. The number of amides is 2. The molecule has 0 heterocycles. The van der Waals surface area contributed by atoms with E-state index in [4.69, 9.17) is 18.9 Å². The molecular formula is C34H36N4O8S. The average Bonchev–Trinajstić information content (AvgIpc) is 3.06. The van der Waals surface area contributed by atoms with E-state index in [2.05, 4.69) is 15.8 Å². The maximum Gasteiger partial charge on any atom is 0.264 e. The van der Waals surface area contributed by atoms with Crippen LogP contribution in [0.4, 0.5) is 11.4 Å². The molecule has 47 heavy (non-hydrogen) atoms. The van der Waals surface area contributed by atoms with Gasteiger partial charge < -0.3 is 24.3 Å². The number of benzene rings is 4. The van der Waals surface area contributed by atoms with Crippen LogP contribution in [-0.2, 0) is 19.6 Å². The first-order valence-electron chi connectivity index (χ1n) is 14.3. The van der Waals surface area contributed by atoms with Gasteiger partial charge in [-0.15, -0.1) is 0 Å². The summed E-state index contributed by atoms with van der Waals surface area (Å²) < 4.78 is 50.1. The second-order valence-electron chi connectivity index (χ2n) is 10.3. The van der Waals surface area contributed by atoms with Crippen LogP contribution in [0.15, 0.2) is 94.9 Å². The third kappa shape index (κ3) is 9.01. The van der Waals surface area contributed by atoms with Gasteiger partial charge in [0.1, 0.15) is 18.0 Å². The first-order valence-corrected chi connectivity index (χ1v) is 15.8. The van der Waals surface area contributed by atoms with Crippen molar-refractivity contribution in [1.29, 1.82) is 0 Å². The van der Waals surface area contributed by atoms with E-state index >= 15 is 0 Å². The highest BCUT2D eigenvalue weighted by molar-refractivity contribution is 7.92. The molecule has 0 radical (unpaired) electrons. The third-order valence-corrected chi connectivity index (χ3v) is 8.53. The Morgan fingerprint density at radius 3 is 2.11 bits per heavy atom. The van der Waals surface area contributed by atoms with E-state index in [0.717, 1.165) is 15.4 Å². The average molecular weight is 661 g/mol. The Kier molecular flexibility index (Phi) is 11.4. The van der Waals surface area contributed by atoms with Crippen molar-refractivity contribution < 1.29 is 37.0 Å². The van der Waals surface area contributed by atoms with E-state index in [9.17, 15) is 18.0 Å². The number of hydrazone groups is 1. The smallest absolute Gasteiger partial charge is 0.264 e. The van der Waals surface area contributed by atoms with E-state index in [1.54, 1.807) is 60.7 Å². The van der Waals surface area contributed by atoms with Crippen molar-refractivity contribution in [3.63, 3.8) is 0 Å². The molecule has 4 aromatic carbocycles. The Bertz CT molecular complexity index is 1840. The molecule has 0 aliphatic carbocycles. The number of carbonyl (C=O) groups is 2. The fourth-order valence-corrected chi connectivity index (χ4v) is 6.01. The number of nitrogens with one attached hydrogen (secondary N) is 2. The SMILES string of the molecule is COc1ccccc1NC(=O)COc1ccc(/C=N\NC(=O)CN(c2cc(C)cc(C)c2)S(=O)(=O)c2ccc(OC)c(OC)c2)cc1. The number of methoxy groups -OCH3 is 3. The summed E-state index contributed by atoms with van der Waals surface area (Å²) in [6.07, 6.45) is 1.40. The summed E-state index contributed by atoms with van der Waals surface area (Å²) >= 11 is 0. The van der Waals surface area contributed by atoms with Crippen molar-refractivity contribution in [2.75, 3.05) is 44.1 Å². The van der Waals surface area contributed by atoms with Crippen LogP contribution in [-0.4, -0.2) is 60.9 Å². The molecule has 0 unspecified atom stereocenters. The summed E-state index contributed by atoms with van der Waals surface area (Å²) in [5.41, 5.74) is 5.54. The van der Waals surface area contributed by atoms with Crippen LogP contribution in [0.25, 0.3) is 0 Å². The molecule has 0 saturated carbocycles. The molecule has 2 N–H and O–H groups in total. The van der Waals surface area contributed by atoms with Gasteiger partial charge in [0.25, 0.3) is 21.8 Å². The second kappa shape index (κ2) is 15.6. The molecular weight excluding hydrogens is 624 g/mol. The standard InChI is InChI=1S/C34H36N4O8S/c1-23-16-24(2)18-26(17-23)38(47(41,42)28-14-15-31(44-4)32(19-28)45-5)21-33(39)37-35-20-25-10-12-27(13-11-25)46-22-34(40)36-29-8-6-7-9-30(29)43-3/h6-20H,21-22H2,1-5H3,(H,36,40)(H,37,39)/b35-20-. The molecule has 2 amide bonds. The van der Waals surface area contributed by atoms with Gasteiger partial charge in [-0.2, -0.15) is 5.10 Å². The number of hydrogen-bond acceptors (Lipinski definition) is 9. The lowest BCUT2D eigenvalue weighted by Gasteiger charge is -2.25. The maximum atomic E-state index is 13.9. The van der Waals surface area contributed by atoms with Gasteiger partial charge in [0.2, 0.25) is 0 Å². The van der Waals surface area contributed by atoms with Crippen molar-refractivity contribution in [2.45, 2.75) is 18.7 Å². The minimum absolute atomic E-state index is 0.0785. The fraction of sp³-hybridized carbons (Fsp3) is 0.206. The predicted molar refractivity (Wildman–Crippen MR) is 179 cm³/mol. The molecule has 246 valence electrons. The molecule has 0 aliphatic heterocycles. The van der Waals surface area contributed by atoms with E-state index < -0.39 is 22.5 Å². The fourth-order valence-electron chi connectivity index (χ4n) is 4.59. The second-order valence-corrected chi connectivity index (χ2v) is 12.1. The van der Waals surface area contributed by atoms with Crippen LogP contribution < -0.4 is 34.0 Å². The van der Waals surface area contributed by atoms with Crippen LogP contribution in [0, 0.1) is 13.8 Å². The summed E-state index contributed by atoms with van der Waals surface area (Å²) in [6, 6.07) is 23.2. The summed E-state index contributed by atoms with van der Waals surface area (Å²) in [6.45, 7) is 2.93. The molecule has 0 fully saturated rings. The van der Waals surface area contributed by atoms with Crippen LogP contribution in [0.1, 0.15) is 16.7 Å².